The van der Waals surface area contributed by atoms with Gasteiger partial charge in [0, 0.05) is 17.2 Å². The second-order valence-corrected chi connectivity index (χ2v) is 7.05. The molecule has 0 fully saturated rings. The monoisotopic (exact) mass is 292 g/mol. The molecule has 0 aliphatic rings. The van der Waals surface area contributed by atoms with E-state index in [0.29, 0.717) is 0 Å². The average Bonchev–Trinajstić information content (AvgIpc) is 3.04. The maximum atomic E-state index is 5.55. The molecule has 1 unspecified atom stereocenters. The molecule has 1 N–H and O–H groups in total. The number of furan rings is 1. The molecule has 2 heterocycles. The van der Waals surface area contributed by atoms with Crippen LogP contribution in [0.2, 0.25) is 0 Å². The maximum Gasteiger partial charge on any atom is 0.121 e. The van der Waals surface area contributed by atoms with Crippen LogP contribution in [0.4, 0.5) is 0 Å². The summed E-state index contributed by atoms with van der Waals surface area (Å²) < 4.78 is 5.55. The molecule has 0 aliphatic heterocycles. The molecule has 20 heavy (non-hydrogen) atoms. The van der Waals surface area contributed by atoms with Crippen LogP contribution in [0, 0.1) is 0 Å². The SMILES string of the molecule is CCCNC(Cc1nc(C(C)(C)C)cs1)c1ccco1. The Morgan fingerprint density at radius 3 is 2.75 bits per heavy atom. The molecular formula is C16H24N2OS. The molecule has 0 saturated carbocycles. The first-order chi connectivity index (χ1) is 9.50. The highest BCUT2D eigenvalue weighted by Crippen LogP contribution is 2.27. The summed E-state index contributed by atoms with van der Waals surface area (Å²) in [4.78, 5) is 4.78. The van der Waals surface area contributed by atoms with E-state index >= 15 is 0 Å². The van der Waals surface area contributed by atoms with Crippen LogP contribution in [0.3, 0.4) is 0 Å². The second kappa shape index (κ2) is 6.55. The van der Waals surface area contributed by atoms with Gasteiger partial charge in [-0.05, 0) is 25.1 Å². The fourth-order valence-corrected chi connectivity index (χ4v) is 3.07. The first-order valence-electron chi connectivity index (χ1n) is 7.22. The number of nitrogens with zero attached hydrogens (tertiary/aromatic N) is 1. The summed E-state index contributed by atoms with van der Waals surface area (Å²) in [6.45, 7) is 9.76. The minimum Gasteiger partial charge on any atom is -0.468 e. The Hall–Kier alpha value is -1.13. The van der Waals surface area contributed by atoms with E-state index in [4.69, 9.17) is 9.40 Å². The average molecular weight is 292 g/mol. The lowest BCUT2D eigenvalue weighted by Crippen LogP contribution is -2.23. The van der Waals surface area contributed by atoms with Crippen molar-refractivity contribution in [2.75, 3.05) is 6.54 Å². The summed E-state index contributed by atoms with van der Waals surface area (Å²) in [5, 5.41) is 6.88. The van der Waals surface area contributed by atoms with Crippen LogP contribution >= 0.6 is 11.3 Å². The second-order valence-electron chi connectivity index (χ2n) is 6.10. The Kier molecular flexibility index (Phi) is 5.00. The van der Waals surface area contributed by atoms with Gasteiger partial charge in [-0.3, -0.25) is 0 Å². The van der Waals surface area contributed by atoms with Crippen molar-refractivity contribution in [3.05, 3.63) is 40.2 Å². The normalized spacial score (nSPS) is 13.6. The van der Waals surface area contributed by atoms with E-state index < -0.39 is 0 Å². The van der Waals surface area contributed by atoms with Gasteiger partial charge in [0.2, 0.25) is 0 Å². The molecule has 0 spiro atoms. The molecule has 2 aromatic rings. The first kappa shape index (κ1) is 15.3. The number of hydrogen-bond acceptors (Lipinski definition) is 4. The first-order valence-corrected chi connectivity index (χ1v) is 8.10. The van der Waals surface area contributed by atoms with Gasteiger partial charge in [0.25, 0.3) is 0 Å². The van der Waals surface area contributed by atoms with Gasteiger partial charge in [-0.25, -0.2) is 4.98 Å². The lowest BCUT2D eigenvalue weighted by Gasteiger charge is -2.16. The zero-order valence-electron chi connectivity index (χ0n) is 12.8. The number of hydrogen-bond donors (Lipinski definition) is 1. The van der Waals surface area contributed by atoms with Crippen LogP contribution < -0.4 is 5.32 Å². The summed E-state index contributed by atoms with van der Waals surface area (Å²) in [6, 6.07) is 4.19. The van der Waals surface area contributed by atoms with E-state index in [2.05, 4.69) is 38.4 Å². The third-order valence-corrected chi connectivity index (χ3v) is 4.10. The van der Waals surface area contributed by atoms with E-state index in [1.165, 1.54) is 10.7 Å². The molecule has 4 heteroatoms. The van der Waals surface area contributed by atoms with Crippen LogP contribution in [-0.4, -0.2) is 11.5 Å². The van der Waals surface area contributed by atoms with Gasteiger partial charge < -0.3 is 9.73 Å². The Balaban J connectivity index is 2.09. The standard InChI is InChI=1S/C16H24N2OS/c1-5-8-17-12(13-7-6-9-19-13)10-15-18-14(11-20-15)16(2,3)4/h6-7,9,11-12,17H,5,8,10H2,1-4H3. The molecule has 0 radical (unpaired) electrons. The lowest BCUT2D eigenvalue weighted by molar-refractivity contribution is 0.409. The zero-order valence-corrected chi connectivity index (χ0v) is 13.6. The summed E-state index contributed by atoms with van der Waals surface area (Å²) in [6.07, 6.45) is 3.73. The molecular weight excluding hydrogens is 268 g/mol. The fourth-order valence-electron chi connectivity index (χ4n) is 2.01. The summed E-state index contributed by atoms with van der Waals surface area (Å²) in [5.41, 5.74) is 1.29. The number of nitrogens with one attached hydrogen (secondary N) is 1. The Morgan fingerprint density at radius 1 is 1.40 bits per heavy atom. The number of aromatic nitrogens is 1. The van der Waals surface area contributed by atoms with Gasteiger partial charge in [0.15, 0.2) is 0 Å². The van der Waals surface area contributed by atoms with Gasteiger partial charge in [-0.1, -0.05) is 27.7 Å². The molecule has 0 saturated heterocycles. The van der Waals surface area contributed by atoms with Crippen molar-refractivity contribution in [3.63, 3.8) is 0 Å². The molecule has 110 valence electrons. The van der Waals surface area contributed by atoms with Gasteiger partial charge >= 0.3 is 0 Å². The predicted octanol–water partition coefficient (Wildman–Crippen LogP) is 4.32. The largest absolute Gasteiger partial charge is 0.468 e. The fraction of sp³-hybridized carbons (Fsp3) is 0.562. The van der Waals surface area contributed by atoms with Gasteiger partial charge in [0.1, 0.15) is 5.76 Å². The smallest absolute Gasteiger partial charge is 0.121 e. The van der Waals surface area contributed by atoms with E-state index in [-0.39, 0.29) is 11.5 Å². The van der Waals surface area contributed by atoms with E-state index in [1.54, 1.807) is 17.6 Å². The van der Waals surface area contributed by atoms with Crippen LogP contribution in [0.15, 0.2) is 28.2 Å². The minimum absolute atomic E-state index is 0.117. The van der Waals surface area contributed by atoms with Gasteiger partial charge in [0.05, 0.1) is 23.0 Å². The minimum atomic E-state index is 0.117. The van der Waals surface area contributed by atoms with Crippen molar-refractivity contribution in [1.82, 2.24) is 10.3 Å². The Labute approximate surface area is 125 Å². The Bertz CT molecular complexity index is 511. The highest BCUT2D eigenvalue weighted by atomic mass is 32.1. The van der Waals surface area contributed by atoms with Gasteiger partial charge in [-0.15, -0.1) is 11.3 Å². The lowest BCUT2D eigenvalue weighted by atomic mass is 9.93. The van der Waals surface area contributed by atoms with Crippen LogP contribution in [0.5, 0.6) is 0 Å². The summed E-state index contributed by atoms with van der Waals surface area (Å²) >= 11 is 1.74. The summed E-state index contributed by atoms with van der Waals surface area (Å²) in [5.74, 6) is 0.992. The molecule has 0 amide bonds. The van der Waals surface area contributed by atoms with Gasteiger partial charge in [-0.2, -0.15) is 0 Å². The topological polar surface area (TPSA) is 38.1 Å². The third kappa shape index (κ3) is 3.93. The zero-order chi connectivity index (χ0) is 14.6. The highest BCUT2D eigenvalue weighted by molar-refractivity contribution is 7.09. The highest BCUT2D eigenvalue weighted by Gasteiger charge is 2.20. The molecule has 0 aliphatic carbocycles. The van der Waals surface area contributed by atoms with E-state index in [0.717, 1.165) is 25.1 Å². The van der Waals surface area contributed by atoms with Crippen molar-refractivity contribution in [2.45, 2.75) is 52.0 Å². The molecule has 0 bridgehead atoms. The van der Waals surface area contributed by atoms with E-state index in [1.807, 2.05) is 12.1 Å². The molecule has 1 atom stereocenters. The molecule has 2 aromatic heterocycles. The molecule has 0 aromatic carbocycles. The van der Waals surface area contributed by atoms with Crippen molar-refractivity contribution in [1.29, 1.82) is 0 Å². The van der Waals surface area contributed by atoms with Crippen LogP contribution in [0.1, 0.15) is 56.6 Å². The van der Waals surface area contributed by atoms with Crippen molar-refractivity contribution in [3.8, 4) is 0 Å². The van der Waals surface area contributed by atoms with Crippen molar-refractivity contribution >= 4 is 11.3 Å². The predicted molar refractivity (Wildman–Crippen MR) is 84.3 cm³/mol. The summed E-state index contributed by atoms with van der Waals surface area (Å²) in [7, 11) is 0. The van der Waals surface area contributed by atoms with Crippen LogP contribution in [0.25, 0.3) is 0 Å². The van der Waals surface area contributed by atoms with E-state index in [9.17, 15) is 0 Å². The number of thiazole rings is 1. The molecule has 3 nitrogen and oxygen atoms in total. The third-order valence-electron chi connectivity index (χ3n) is 3.23. The molecule has 2 rings (SSSR count). The van der Waals surface area contributed by atoms with Crippen molar-refractivity contribution in [2.24, 2.45) is 0 Å². The van der Waals surface area contributed by atoms with Crippen molar-refractivity contribution < 1.29 is 4.42 Å². The van der Waals surface area contributed by atoms with Crippen LogP contribution in [-0.2, 0) is 11.8 Å². The quantitative estimate of drug-likeness (QED) is 0.861. The number of rotatable bonds is 6. The Morgan fingerprint density at radius 2 is 2.20 bits per heavy atom. The maximum absolute atomic E-state index is 5.55.